The molecule has 0 aliphatic carbocycles. The van der Waals surface area contributed by atoms with Crippen molar-refractivity contribution < 1.29 is 9.59 Å². The Morgan fingerprint density at radius 3 is 1.39 bits per heavy atom. The zero-order valence-electron chi connectivity index (χ0n) is 15.2. The van der Waals surface area contributed by atoms with E-state index >= 15 is 0 Å². The lowest BCUT2D eigenvalue weighted by atomic mass is 10.0. The van der Waals surface area contributed by atoms with Crippen LogP contribution in [0.5, 0.6) is 0 Å². The zero-order valence-corrected chi connectivity index (χ0v) is 15.2. The first-order chi connectivity index (χ1) is 13.8. The summed E-state index contributed by atoms with van der Waals surface area (Å²) < 4.78 is 0. The van der Waals surface area contributed by atoms with E-state index in [4.69, 9.17) is 0 Å². The van der Waals surface area contributed by atoms with Crippen LogP contribution >= 0.6 is 0 Å². The summed E-state index contributed by atoms with van der Waals surface area (Å²) in [6.45, 7) is 0. The zero-order chi connectivity index (χ0) is 19.6. The molecule has 3 aromatic rings. The minimum atomic E-state index is 0.659. The van der Waals surface area contributed by atoms with Crippen molar-refractivity contribution in [3.05, 3.63) is 107 Å². The maximum absolute atomic E-state index is 11.1. The molecule has 4 heteroatoms. The third kappa shape index (κ3) is 5.05. The maximum atomic E-state index is 11.1. The van der Waals surface area contributed by atoms with Crippen LogP contribution in [0.3, 0.4) is 0 Å². The molecule has 3 aromatic carbocycles. The van der Waals surface area contributed by atoms with Crippen LogP contribution in [0.4, 0.5) is 0 Å². The van der Waals surface area contributed by atoms with E-state index in [1.165, 1.54) is 0 Å². The van der Waals surface area contributed by atoms with Crippen molar-refractivity contribution in [1.29, 1.82) is 0 Å². The van der Waals surface area contributed by atoms with Gasteiger partial charge in [0.15, 0.2) is 0 Å². The lowest BCUT2D eigenvalue weighted by molar-refractivity contribution is -0.109. The molecule has 2 amide bonds. The van der Waals surface area contributed by atoms with E-state index in [2.05, 4.69) is 10.6 Å². The molecule has 0 unspecified atom stereocenters. The Labute approximate surface area is 164 Å². The van der Waals surface area contributed by atoms with Crippen molar-refractivity contribution >= 4 is 36.4 Å². The molecule has 3 rings (SSSR count). The highest BCUT2D eigenvalue weighted by Crippen LogP contribution is 2.21. The molecule has 28 heavy (non-hydrogen) atoms. The smallest absolute Gasteiger partial charge is 0.211 e. The number of amides is 2. The Hall–Kier alpha value is -3.92. The molecule has 0 heterocycles. The predicted molar refractivity (Wildman–Crippen MR) is 113 cm³/mol. The van der Waals surface area contributed by atoms with E-state index in [0.717, 1.165) is 22.3 Å². The molecule has 0 fully saturated rings. The molecular formula is C24H20N2O2. The predicted octanol–water partition coefficient (Wildman–Crippen LogP) is 4.17. The van der Waals surface area contributed by atoms with E-state index in [9.17, 15) is 9.59 Å². The van der Waals surface area contributed by atoms with E-state index < -0.39 is 0 Å². The Morgan fingerprint density at radius 2 is 1.00 bits per heavy atom. The number of carbonyl (C=O) groups excluding carboxylic acids is 2. The second kappa shape index (κ2) is 9.69. The monoisotopic (exact) mass is 368 g/mol. The van der Waals surface area contributed by atoms with Crippen molar-refractivity contribution in [3.63, 3.8) is 0 Å². The van der Waals surface area contributed by atoms with E-state index in [0.29, 0.717) is 24.2 Å². The molecule has 0 aromatic heterocycles. The quantitative estimate of drug-likeness (QED) is 0.463. The fourth-order valence-corrected chi connectivity index (χ4v) is 2.83. The minimum absolute atomic E-state index is 0.659. The first kappa shape index (κ1) is 18.9. The number of hydrogen-bond acceptors (Lipinski definition) is 2. The van der Waals surface area contributed by atoms with Crippen molar-refractivity contribution in [2.24, 2.45) is 0 Å². The highest BCUT2D eigenvalue weighted by atomic mass is 16.1. The third-order valence-electron chi connectivity index (χ3n) is 4.13. The summed E-state index contributed by atoms with van der Waals surface area (Å²) in [5.74, 6) is 0. The first-order valence-electron chi connectivity index (χ1n) is 8.85. The Kier molecular flexibility index (Phi) is 6.53. The molecule has 0 spiro atoms. The number of benzene rings is 3. The van der Waals surface area contributed by atoms with Gasteiger partial charge in [0.2, 0.25) is 12.8 Å². The van der Waals surface area contributed by atoms with Gasteiger partial charge in [-0.15, -0.1) is 0 Å². The number of carbonyl (C=O) groups is 2. The lowest BCUT2D eigenvalue weighted by Crippen LogP contribution is -2.11. The van der Waals surface area contributed by atoms with Crippen molar-refractivity contribution in [3.8, 4) is 0 Å². The van der Waals surface area contributed by atoms with E-state index in [1.54, 1.807) is 0 Å². The molecule has 0 atom stereocenters. The van der Waals surface area contributed by atoms with Crippen molar-refractivity contribution in [2.75, 3.05) is 0 Å². The summed E-state index contributed by atoms with van der Waals surface area (Å²) in [5, 5.41) is 5.53. The fourth-order valence-electron chi connectivity index (χ4n) is 2.83. The van der Waals surface area contributed by atoms with Gasteiger partial charge in [0.1, 0.15) is 0 Å². The average Bonchev–Trinajstić information content (AvgIpc) is 2.75. The van der Waals surface area contributed by atoms with Crippen LogP contribution in [0.1, 0.15) is 22.3 Å². The van der Waals surface area contributed by atoms with Crippen LogP contribution in [-0.4, -0.2) is 12.8 Å². The van der Waals surface area contributed by atoms with Crippen LogP contribution in [0, 0.1) is 0 Å². The van der Waals surface area contributed by atoms with Crippen molar-refractivity contribution in [1.82, 2.24) is 10.6 Å². The standard InChI is InChI=1S/C24H20N2O2/c27-17-25-23(14-19-8-3-1-4-9-19)21-12-7-13-22(16-21)24(26-18-28)15-20-10-5-2-6-11-20/h1-18H,(H,25,27)(H,26,28). The van der Waals surface area contributed by atoms with E-state index in [-0.39, 0.29) is 0 Å². The second-order valence-electron chi connectivity index (χ2n) is 6.04. The SMILES string of the molecule is O=CNC(=Cc1ccccc1)c1cccc(C(=Cc2ccccc2)NC=O)c1. The van der Waals surface area contributed by atoms with Gasteiger partial charge in [0.05, 0.1) is 0 Å². The van der Waals surface area contributed by atoms with Crippen LogP contribution in [-0.2, 0) is 9.59 Å². The molecule has 2 N–H and O–H groups in total. The first-order valence-corrected chi connectivity index (χ1v) is 8.85. The lowest BCUT2D eigenvalue weighted by Gasteiger charge is -2.11. The molecule has 0 aliphatic heterocycles. The summed E-state index contributed by atoms with van der Waals surface area (Å²) in [6, 6.07) is 27.1. The second-order valence-corrected chi connectivity index (χ2v) is 6.04. The van der Waals surface area contributed by atoms with Gasteiger partial charge in [0, 0.05) is 11.4 Å². The van der Waals surface area contributed by atoms with Crippen molar-refractivity contribution in [2.45, 2.75) is 0 Å². The Balaban J connectivity index is 2.01. The summed E-state index contributed by atoms with van der Waals surface area (Å²) >= 11 is 0. The average molecular weight is 368 g/mol. The molecule has 0 saturated heterocycles. The van der Waals surface area contributed by atoms with Crippen LogP contribution in [0.2, 0.25) is 0 Å². The van der Waals surface area contributed by atoms with Gasteiger partial charge in [0.25, 0.3) is 0 Å². The summed E-state index contributed by atoms with van der Waals surface area (Å²) in [7, 11) is 0. The van der Waals surface area contributed by atoms with Gasteiger partial charge >= 0.3 is 0 Å². The number of hydrogen-bond donors (Lipinski definition) is 2. The largest absolute Gasteiger partial charge is 0.328 e. The van der Waals surface area contributed by atoms with Gasteiger partial charge in [-0.25, -0.2) is 0 Å². The maximum Gasteiger partial charge on any atom is 0.211 e. The van der Waals surface area contributed by atoms with Crippen LogP contribution in [0.25, 0.3) is 23.5 Å². The molecule has 0 bridgehead atoms. The normalized spacial score (nSPS) is 11.6. The summed E-state index contributed by atoms with van der Waals surface area (Å²) in [5.41, 5.74) is 4.97. The molecule has 138 valence electrons. The molecule has 4 nitrogen and oxygen atoms in total. The highest BCUT2D eigenvalue weighted by molar-refractivity contribution is 5.89. The van der Waals surface area contributed by atoms with Gasteiger partial charge in [-0.05, 0) is 40.5 Å². The topological polar surface area (TPSA) is 58.2 Å². The van der Waals surface area contributed by atoms with Gasteiger partial charge in [-0.2, -0.15) is 0 Å². The van der Waals surface area contributed by atoms with E-state index in [1.807, 2.05) is 97.1 Å². The summed E-state index contributed by atoms with van der Waals surface area (Å²) in [4.78, 5) is 22.2. The molecule has 0 saturated carbocycles. The van der Waals surface area contributed by atoms with Crippen LogP contribution in [0.15, 0.2) is 84.9 Å². The summed E-state index contributed by atoms with van der Waals surface area (Å²) in [6.07, 6.45) is 5.13. The van der Waals surface area contributed by atoms with Crippen LogP contribution < -0.4 is 10.6 Å². The Morgan fingerprint density at radius 1 is 0.571 bits per heavy atom. The van der Waals surface area contributed by atoms with Gasteiger partial charge < -0.3 is 10.6 Å². The Bertz CT molecular complexity index is 915. The molecule has 0 aliphatic rings. The molecular weight excluding hydrogens is 348 g/mol. The fraction of sp³-hybridized carbons (Fsp3) is 0. The number of rotatable bonds is 8. The minimum Gasteiger partial charge on any atom is -0.328 e. The van der Waals surface area contributed by atoms with Gasteiger partial charge in [-0.1, -0.05) is 78.9 Å². The highest BCUT2D eigenvalue weighted by Gasteiger charge is 2.06. The van der Waals surface area contributed by atoms with Gasteiger partial charge in [-0.3, -0.25) is 9.59 Å². The number of nitrogens with one attached hydrogen (secondary N) is 2. The molecule has 0 radical (unpaired) electrons. The third-order valence-corrected chi connectivity index (χ3v) is 4.13.